The van der Waals surface area contributed by atoms with Gasteiger partial charge in [-0.25, -0.2) is 4.39 Å². The van der Waals surface area contributed by atoms with Crippen LogP contribution in [0.5, 0.6) is 5.75 Å². The molecular weight excluding hydrogens is 387 g/mol. The molecule has 156 valence electrons. The molecule has 1 N–H and O–H groups in total. The molecule has 1 aliphatic heterocycles. The maximum Gasteiger partial charge on any atom is 0.244 e. The van der Waals surface area contributed by atoms with Crippen LogP contribution in [0.1, 0.15) is 31.2 Å². The lowest BCUT2D eigenvalue weighted by molar-refractivity contribution is -0.142. The molecule has 6 nitrogen and oxygen atoms in total. The van der Waals surface area contributed by atoms with Gasteiger partial charge in [-0.3, -0.25) is 19.3 Å². The molecule has 0 aromatic heterocycles. The maximum atomic E-state index is 13.2. The largest absolute Gasteiger partial charge is 0.489 e. The second-order valence-electron chi connectivity index (χ2n) is 7.75. The molecule has 2 unspecified atom stereocenters. The second-order valence-corrected chi connectivity index (χ2v) is 7.75. The summed E-state index contributed by atoms with van der Waals surface area (Å²) < 4.78 is 18.8. The average molecular weight is 410 g/mol. The van der Waals surface area contributed by atoms with E-state index in [9.17, 15) is 18.8 Å². The number of halogens is 1. The van der Waals surface area contributed by atoms with Gasteiger partial charge in [-0.2, -0.15) is 0 Å². The molecular formula is C23H23FN2O4. The zero-order valence-electron chi connectivity index (χ0n) is 16.5. The van der Waals surface area contributed by atoms with E-state index in [1.54, 1.807) is 30.3 Å². The summed E-state index contributed by atoms with van der Waals surface area (Å²) in [5, 5.41) is 2.74. The van der Waals surface area contributed by atoms with Gasteiger partial charge in [-0.1, -0.05) is 31.0 Å². The number of hydrogen-bond donors (Lipinski definition) is 1. The van der Waals surface area contributed by atoms with E-state index in [4.69, 9.17) is 4.74 Å². The molecule has 7 heteroatoms. The summed E-state index contributed by atoms with van der Waals surface area (Å²) in [5.74, 6) is -1.35. The lowest BCUT2D eigenvalue weighted by Gasteiger charge is -2.19. The molecule has 30 heavy (non-hydrogen) atoms. The lowest BCUT2D eigenvalue weighted by atomic mass is 9.81. The van der Waals surface area contributed by atoms with Crippen LogP contribution in [0.2, 0.25) is 0 Å². The highest BCUT2D eigenvalue weighted by Crippen LogP contribution is 2.37. The standard InChI is InChI=1S/C23H23FN2O4/c24-16-6-4-8-18(12-16)30-14-15-5-3-7-17(11-15)25-21(27)13-26-22(28)19-9-1-2-10-20(19)23(26)29/h3-8,11-12,19-20H,1-2,9-10,13-14H2,(H,25,27). The van der Waals surface area contributed by atoms with Crippen LogP contribution in [0.4, 0.5) is 10.1 Å². The van der Waals surface area contributed by atoms with Gasteiger partial charge in [0.15, 0.2) is 0 Å². The van der Waals surface area contributed by atoms with Gasteiger partial charge < -0.3 is 10.1 Å². The number of amides is 3. The fourth-order valence-corrected chi connectivity index (χ4v) is 4.19. The predicted molar refractivity (Wildman–Crippen MR) is 108 cm³/mol. The Hall–Kier alpha value is -3.22. The van der Waals surface area contributed by atoms with Gasteiger partial charge in [-0.05, 0) is 42.7 Å². The Morgan fingerprint density at radius 3 is 2.43 bits per heavy atom. The lowest BCUT2D eigenvalue weighted by Crippen LogP contribution is -2.38. The topological polar surface area (TPSA) is 75.7 Å². The number of anilines is 1. The summed E-state index contributed by atoms with van der Waals surface area (Å²) in [4.78, 5) is 38.6. The molecule has 2 atom stereocenters. The number of ether oxygens (including phenoxy) is 1. The van der Waals surface area contributed by atoms with Crippen molar-refractivity contribution in [3.05, 3.63) is 59.9 Å². The van der Waals surface area contributed by atoms with Crippen LogP contribution >= 0.6 is 0 Å². The second kappa shape index (κ2) is 8.65. The van der Waals surface area contributed by atoms with E-state index in [1.807, 2.05) is 6.07 Å². The summed E-state index contributed by atoms with van der Waals surface area (Å²) in [6, 6.07) is 12.9. The number of rotatable bonds is 6. The van der Waals surface area contributed by atoms with Crippen LogP contribution < -0.4 is 10.1 Å². The van der Waals surface area contributed by atoms with E-state index in [0.717, 1.165) is 36.1 Å². The van der Waals surface area contributed by atoms with Gasteiger partial charge in [0.2, 0.25) is 17.7 Å². The van der Waals surface area contributed by atoms with Crippen LogP contribution in [0, 0.1) is 17.7 Å². The normalized spacial score (nSPS) is 20.8. The Bertz CT molecular complexity index is 953. The third kappa shape index (κ3) is 4.35. The van der Waals surface area contributed by atoms with Gasteiger partial charge in [0.1, 0.15) is 24.7 Å². The highest BCUT2D eigenvalue weighted by Gasteiger charge is 2.48. The Labute approximate surface area is 174 Å². The smallest absolute Gasteiger partial charge is 0.244 e. The number of carbonyl (C=O) groups excluding carboxylic acids is 3. The van der Waals surface area contributed by atoms with Crippen LogP contribution in [0.25, 0.3) is 0 Å². The van der Waals surface area contributed by atoms with E-state index in [0.29, 0.717) is 11.4 Å². The number of hydrogen-bond acceptors (Lipinski definition) is 4. The molecule has 2 fully saturated rings. The Morgan fingerprint density at radius 2 is 1.73 bits per heavy atom. The van der Waals surface area contributed by atoms with Crippen molar-refractivity contribution in [2.24, 2.45) is 11.8 Å². The van der Waals surface area contributed by atoms with Crippen LogP contribution in [0.3, 0.4) is 0 Å². The predicted octanol–water partition coefficient (Wildman–Crippen LogP) is 3.52. The van der Waals surface area contributed by atoms with Crippen molar-refractivity contribution in [3.63, 3.8) is 0 Å². The molecule has 1 saturated heterocycles. The van der Waals surface area contributed by atoms with E-state index in [1.165, 1.54) is 12.1 Å². The average Bonchev–Trinajstić information content (AvgIpc) is 2.98. The van der Waals surface area contributed by atoms with Crippen molar-refractivity contribution in [1.29, 1.82) is 0 Å². The molecule has 2 aromatic carbocycles. The van der Waals surface area contributed by atoms with Crippen LogP contribution in [-0.2, 0) is 21.0 Å². The zero-order chi connectivity index (χ0) is 21.1. The van der Waals surface area contributed by atoms with Crippen molar-refractivity contribution in [2.75, 3.05) is 11.9 Å². The van der Waals surface area contributed by atoms with Gasteiger partial charge >= 0.3 is 0 Å². The van der Waals surface area contributed by atoms with Crippen molar-refractivity contribution >= 4 is 23.4 Å². The number of likely N-dealkylation sites (tertiary alicyclic amines) is 1. The van der Waals surface area contributed by atoms with Crippen LogP contribution in [-0.4, -0.2) is 29.2 Å². The quantitative estimate of drug-likeness (QED) is 0.740. The maximum absolute atomic E-state index is 13.2. The minimum Gasteiger partial charge on any atom is -0.489 e. The van der Waals surface area contributed by atoms with E-state index in [-0.39, 0.29) is 42.6 Å². The molecule has 2 aromatic rings. The molecule has 4 rings (SSSR count). The minimum atomic E-state index is -0.418. The summed E-state index contributed by atoms with van der Waals surface area (Å²) in [7, 11) is 0. The zero-order valence-corrected chi connectivity index (χ0v) is 16.5. The minimum absolute atomic E-state index is 0.208. The summed E-state index contributed by atoms with van der Waals surface area (Å²) in [6.07, 6.45) is 3.34. The molecule has 1 aliphatic carbocycles. The first-order valence-corrected chi connectivity index (χ1v) is 10.1. The Balaban J connectivity index is 1.35. The van der Waals surface area contributed by atoms with E-state index >= 15 is 0 Å². The molecule has 2 aliphatic rings. The molecule has 1 heterocycles. The van der Waals surface area contributed by atoms with E-state index < -0.39 is 5.91 Å². The van der Waals surface area contributed by atoms with Crippen molar-refractivity contribution in [1.82, 2.24) is 4.90 Å². The summed E-state index contributed by atoms with van der Waals surface area (Å²) >= 11 is 0. The number of nitrogens with one attached hydrogen (secondary N) is 1. The highest BCUT2D eigenvalue weighted by molar-refractivity contribution is 6.08. The van der Waals surface area contributed by atoms with E-state index in [2.05, 4.69) is 5.32 Å². The third-order valence-corrected chi connectivity index (χ3v) is 5.65. The van der Waals surface area contributed by atoms with Gasteiger partial charge in [0, 0.05) is 11.8 Å². The first-order chi connectivity index (χ1) is 14.5. The highest BCUT2D eigenvalue weighted by atomic mass is 19.1. The van der Waals surface area contributed by atoms with Gasteiger partial charge in [0.05, 0.1) is 11.8 Å². The fourth-order valence-electron chi connectivity index (χ4n) is 4.19. The Morgan fingerprint density at radius 1 is 1.03 bits per heavy atom. The molecule has 3 amide bonds. The van der Waals surface area contributed by atoms with Gasteiger partial charge in [-0.15, -0.1) is 0 Å². The summed E-state index contributed by atoms with van der Waals surface area (Å²) in [6.45, 7) is -0.0612. The SMILES string of the molecule is O=C(CN1C(=O)C2CCCCC2C1=O)Nc1cccc(COc2cccc(F)c2)c1. The van der Waals surface area contributed by atoms with Crippen molar-refractivity contribution in [3.8, 4) is 5.75 Å². The Kier molecular flexibility index (Phi) is 5.79. The third-order valence-electron chi connectivity index (χ3n) is 5.65. The number of benzene rings is 2. The van der Waals surface area contributed by atoms with Crippen LogP contribution in [0.15, 0.2) is 48.5 Å². The van der Waals surface area contributed by atoms with Gasteiger partial charge in [0.25, 0.3) is 0 Å². The number of nitrogens with zero attached hydrogens (tertiary/aromatic N) is 1. The number of carbonyl (C=O) groups is 3. The van der Waals surface area contributed by atoms with Crippen molar-refractivity contribution in [2.45, 2.75) is 32.3 Å². The molecule has 1 saturated carbocycles. The van der Waals surface area contributed by atoms with Crippen molar-refractivity contribution < 1.29 is 23.5 Å². The molecule has 0 spiro atoms. The fraction of sp³-hybridized carbons (Fsp3) is 0.348. The summed E-state index contributed by atoms with van der Waals surface area (Å²) in [5.41, 5.74) is 1.33. The molecule has 0 radical (unpaired) electrons. The number of imide groups is 1. The first kappa shape index (κ1) is 20.1. The first-order valence-electron chi connectivity index (χ1n) is 10.1. The monoisotopic (exact) mass is 410 g/mol. The number of fused-ring (bicyclic) bond motifs is 1. The molecule has 0 bridgehead atoms.